The number of anilines is 1. The van der Waals surface area contributed by atoms with Crippen LogP contribution in [0.3, 0.4) is 0 Å². The predicted molar refractivity (Wildman–Crippen MR) is 79.2 cm³/mol. The standard InChI is InChI=1S/C15H19N3O/c1-11(16)10-18(2)15(19)17-14-9-5-7-12-6-3-4-8-13(12)14/h3-9,11H,10,16H2,1-2H3,(H,17,19). The highest BCUT2D eigenvalue weighted by atomic mass is 16.2. The van der Waals surface area contributed by atoms with Crippen LogP contribution >= 0.6 is 0 Å². The fourth-order valence-corrected chi connectivity index (χ4v) is 2.06. The van der Waals surface area contributed by atoms with Crippen molar-refractivity contribution in [3.05, 3.63) is 42.5 Å². The maximum atomic E-state index is 12.1. The van der Waals surface area contributed by atoms with Gasteiger partial charge in [0.05, 0.1) is 5.69 Å². The van der Waals surface area contributed by atoms with Crippen LogP contribution in [0.2, 0.25) is 0 Å². The molecule has 0 spiro atoms. The number of nitrogens with zero attached hydrogens (tertiary/aromatic N) is 1. The zero-order chi connectivity index (χ0) is 13.8. The molecule has 3 N–H and O–H groups in total. The van der Waals surface area contributed by atoms with Crippen molar-refractivity contribution >= 4 is 22.5 Å². The van der Waals surface area contributed by atoms with Crippen LogP contribution in [0.1, 0.15) is 6.92 Å². The van der Waals surface area contributed by atoms with E-state index in [1.807, 2.05) is 49.4 Å². The Morgan fingerprint density at radius 3 is 2.68 bits per heavy atom. The number of nitrogens with one attached hydrogen (secondary N) is 1. The molecule has 4 nitrogen and oxygen atoms in total. The van der Waals surface area contributed by atoms with E-state index in [2.05, 4.69) is 5.32 Å². The van der Waals surface area contributed by atoms with Gasteiger partial charge in [-0.3, -0.25) is 0 Å². The first-order chi connectivity index (χ1) is 9.08. The molecule has 0 fully saturated rings. The van der Waals surface area contributed by atoms with Crippen molar-refractivity contribution < 1.29 is 4.79 Å². The number of carbonyl (C=O) groups is 1. The molecule has 2 amide bonds. The highest BCUT2D eigenvalue weighted by Gasteiger charge is 2.11. The summed E-state index contributed by atoms with van der Waals surface area (Å²) in [5, 5.41) is 5.06. The molecule has 0 aliphatic rings. The van der Waals surface area contributed by atoms with Crippen LogP contribution in [-0.2, 0) is 0 Å². The van der Waals surface area contributed by atoms with E-state index in [-0.39, 0.29) is 12.1 Å². The lowest BCUT2D eigenvalue weighted by atomic mass is 10.1. The molecule has 2 aromatic carbocycles. The predicted octanol–water partition coefficient (Wildman–Crippen LogP) is 2.65. The monoisotopic (exact) mass is 257 g/mol. The third-order valence-electron chi connectivity index (χ3n) is 2.94. The largest absolute Gasteiger partial charge is 0.326 e. The molecular weight excluding hydrogens is 238 g/mol. The average Bonchev–Trinajstić information content (AvgIpc) is 2.38. The first kappa shape index (κ1) is 13.4. The Morgan fingerprint density at radius 1 is 1.26 bits per heavy atom. The molecule has 0 bridgehead atoms. The van der Waals surface area contributed by atoms with E-state index in [9.17, 15) is 4.79 Å². The van der Waals surface area contributed by atoms with Crippen LogP contribution in [0, 0.1) is 0 Å². The summed E-state index contributed by atoms with van der Waals surface area (Å²) in [5.41, 5.74) is 6.51. The summed E-state index contributed by atoms with van der Waals surface area (Å²) < 4.78 is 0. The molecule has 100 valence electrons. The summed E-state index contributed by atoms with van der Waals surface area (Å²) >= 11 is 0. The molecule has 1 unspecified atom stereocenters. The molecule has 1 atom stereocenters. The van der Waals surface area contributed by atoms with Crippen molar-refractivity contribution in [2.45, 2.75) is 13.0 Å². The summed E-state index contributed by atoms with van der Waals surface area (Å²) in [7, 11) is 1.74. The Morgan fingerprint density at radius 2 is 1.95 bits per heavy atom. The Hall–Kier alpha value is -2.07. The molecule has 19 heavy (non-hydrogen) atoms. The second kappa shape index (κ2) is 5.71. The number of hydrogen-bond donors (Lipinski definition) is 2. The van der Waals surface area contributed by atoms with Crippen LogP contribution in [0.5, 0.6) is 0 Å². The Balaban J connectivity index is 2.19. The second-order valence-corrected chi connectivity index (χ2v) is 4.81. The highest BCUT2D eigenvalue weighted by molar-refractivity contribution is 6.01. The number of amides is 2. The van der Waals surface area contributed by atoms with Crippen molar-refractivity contribution in [2.75, 3.05) is 18.9 Å². The maximum Gasteiger partial charge on any atom is 0.321 e. The minimum Gasteiger partial charge on any atom is -0.326 e. The molecular formula is C15H19N3O. The molecule has 4 heteroatoms. The van der Waals surface area contributed by atoms with Crippen LogP contribution in [-0.4, -0.2) is 30.6 Å². The second-order valence-electron chi connectivity index (χ2n) is 4.81. The van der Waals surface area contributed by atoms with E-state index < -0.39 is 0 Å². The van der Waals surface area contributed by atoms with Crippen LogP contribution < -0.4 is 11.1 Å². The molecule has 2 aromatic rings. The van der Waals surface area contributed by atoms with Crippen LogP contribution in [0.15, 0.2) is 42.5 Å². The SMILES string of the molecule is CC(N)CN(C)C(=O)Nc1cccc2ccccc12. The minimum atomic E-state index is -0.145. The number of fused-ring (bicyclic) bond motifs is 1. The quantitative estimate of drug-likeness (QED) is 0.888. The lowest BCUT2D eigenvalue weighted by Gasteiger charge is -2.20. The molecule has 0 radical (unpaired) electrons. The summed E-state index contributed by atoms with van der Waals surface area (Å²) in [6, 6.07) is 13.6. The van der Waals surface area contributed by atoms with Gasteiger partial charge in [0.25, 0.3) is 0 Å². The number of hydrogen-bond acceptors (Lipinski definition) is 2. The summed E-state index contributed by atoms with van der Waals surface area (Å²) in [5.74, 6) is 0. The van der Waals surface area contributed by atoms with Crippen molar-refractivity contribution in [1.29, 1.82) is 0 Å². The number of likely N-dealkylation sites (N-methyl/N-ethyl adjacent to an activating group) is 1. The third-order valence-corrected chi connectivity index (χ3v) is 2.94. The highest BCUT2D eigenvalue weighted by Crippen LogP contribution is 2.23. The molecule has 0 saturated carbocycles. The van der Waals surface area contributed by atoms with E-state index in [0.29, 0.717) is 6.54 Å². The van der Waals surface area contributed by atoms with Crippen LogP contribution in [0.25, 0.3) is 10.8 Å². The third kappa shape index (κ3) is 3.23. The van der Waals surface area contributed by atoms with Crippen molar-refractivity contribution in [3.8, 4) is 0 Å². The zero-order valence-corrected chi connectivity index (χ0v) is 11.3. The average molecular weight is 257 g/mol. The number of rotatable bonds is 3. The Bertz CT molecular complexity index is 575. The fraction of sp³-hybridized carbons (Fsp3) is 0.267. The molecule has 0 aromatic heterocycles. The normalized spacial score (nSPS) is 12.2. The number of benzene rings is 2. The van der Waals surface area contributed by atoms with E-state index in [1.165, 1.54) is 0 Å². The molecule has 2 rings (SSSR count). The summed E-state index contributed by atoms with van der Waals surface area (Å²) in [4.78, 5) is 13.6. The fourth-order valence-electron chi connectivity index (χ4n) is 2.06. The lowest BCUT2D eigenvalue weighted by Crippen LogP contribution is -2.39. The van der Waals surface area contributed by atoms with Crippen LogP contribution in [0.4, 0.5) is 10.5 Å². The van der Waals surface area contributed by atoms with Gasteiger partial charge in [0, 0.05) is 25.0 Å². The van der Waals surface area contributed by atoms with Gasteiger partial charge >= 0.3 is 6.03 Å². The van der Waals surface area contributed by atoms with Gasteiger partial charge in [0.2, 0.25) is 0 Å². The lowest BCUT2D eigenvalue weighted by molar-refractivity contribution is 0.220. The Kier molecular flexibility index (Phi) is 4.02. The van der Waals surface area contributed by atoms with E-state index >= 15 is 0 Å². The van der Waals surface area contributed by atoms with Gasteiger partial charge < -0.3 is 16.0 Å². The van der Waals surface area contributed by atoms with E-state index in [1.54, 1.807) is 11.9 Å². The molecule has 0 saturated heterocycles. The smallest absolute Gasteiger partial charge is 0.321 e. The van der Waals surface area contributed by atoms with Gasteiger partial charge in [-0.05, 0) is 18.4 Å². The van der Waals surface area contributed by atoms with Crippen molar-refractivity contribution in [2.24, 2.45) is 5.73 Å². The van der Waals surface area contributed by atoms with Crippen molar-refractivity contribution in [1.82, 2.24) is 4.90 Å². The van der Waals surface area contributed by atoms with Gasteiger partial charge in [-0.25, -0.2) is 4.79 Å². The van der Waals surface area contributed by atoms with Gasteiger partial charge in [0.1, 0.15) is 0 Å². The maximum absolute atomic E-state index is 12.1. The summed E-state index contributed by atoms with van der Waals surface area (Å²) in [6.45, 7) is 2.40. The zero-order valence-electron chi connectivity index (χ0n) is 11.3. The number of urea groups is 1. The molecule has 0 aliphatic heterocycles. The van der Waals surface area contributed by atoms with Crippen molar-refractivity contribution in [3.63, 3.8) is 0 Å². The first-order valence-corrected chi connectivity index (χ1v) is 6.33. The van der Waals surface area contributed by atoms with Gasteiger partial charge in [-0.1, -0.05) is 36.4 Å². The first-order valence-electron chi connectivity index (χ1n) is 6.33. The number of nitrogens with two attached hydrogens (primary N) is 1. The van der Waals surface area contributed by atoms with E-state index in [4.69, 9.17) is 5.73 Å². The summed E-state index contributed by atoms with van der Waals surface area (Å²) in [6.07, 6.45) is 0. The topological polar surface area (TPSA) is 58.4 Å². The minimum absolute atomic E-state index is 0.0386. The van der Waals surface area contributed by atoms with Gasteiger partial charge in [-0.15, -0.1) is 0 Å². The van der Waals surface area contributed by atoms with Gasteiger partial charge in [-0.2, -0.15) is 0 Å². The number of carbonyl (C=O) groups excluding carboxylic acids is 1. The van der Waals surface area contributed by atoms with Gasteiger partial charge in [0.15, 0.2) is 0 Å². The molecule has 0 aliphatic carbocycles. The molecule has 0 heterocycles. The van der Waals surface area contributed by atoms with E-state index in [0.717, 1.165) is 16.5 Å². The Labute approximate surface area is 113 Å².